The summed E-state index contributed by atoms with van der Waals surface area (Å²) in [6.45, 7) is 5.96. The Balaban J connectivity index is 1.52. The third-order valence-electron chi connectivity index (χ3n) is 4.04. The van der Waals surface area contributed by atoms with Crippen LogP contribution in [0.1, 0.15) is 37.3 Å². The van der Waals surface area contributed by atoms with E-state index in [1.807, 2.05) is 50.2 Å². The fourth-order valence-corrected chi connectivity index (χ4v) is 2.58. The van der Waals surface area contributed by atoms with Crippen LogP contribution in [0.15, 0.2) is 48.5 Å². The van der Waals surface area contributed by atoms with E-state index in [9.17, 15) is 4.79 Å². The maximum atomic E-state index is 11.8. The predicted octanol–water partition coefficient (Wildman–Crippen LogP) is 4.30. The lowest BCUT2D eigenvalue weighted by Crippen LogP contribution is -2.24. The number of aryl methyl sites for hydroxylation is 2. The molecule has 1 N–H and O–H groups in total. The first-order valence-electron chi connectivity index (χ1n) is 9.35. The Hall–Kier alpha value is -2.49. The summed E-state index contributed by atoms with van der Waals surface area (Å²) in [6, 6.07) is 16.1. The van der Waals surface area contributed by atoms with Crippen molar-refractivity contribution < 1.29 is 14.3 Å². The van der Waals surface area contributed by atoms with Gasteiger partial charge in [-0.25, -0.2) is 0 Å². The number of carbonyl (C=O) groups excluding carboxylic acids is 1. The molecule has 0 aliphatic heterocycles. The van der Waals surface area contributed by atoms with Gasteiger partial charge in [-0.2, -0.15) is 0 Å². The van der Waals surface area contributed by atoms with Gasteiger partial charge in [0.25, 0.3) is 0 Å². The summed E-state index contributed by atoms with van der Waals surface area (Å²) in [6.07, 6.45) is 3.09. The van der Waals surface area contributed by atoms with Crippen LogP contribution in [0.25, 0.3) is 0 Å². The number of rotatable bonds is 11. The molecule has 0 radical (unpaired) electrons. The van der Waals surface area contributed by atoms with Crippen LogP contribution in [0.3, 0.4) is 0 Å². The fourth-order valence-electron chi connectivity index (χ4n) is 2.58. The number of benzene rings is 2. The molecule has 26 heavy (non-hydrogen) atoms. The number of amides is 1. The van der Waals surface area contributed by atoms with Gasteiger partial charge < -0.3 is 14.8 Å². The molecule has 2 aromatic carbocycles. The Morgan fingerprint density at radius 3 is 2.27 bits per heavy atom. The molecule has 0 saturated heterocycles. The quantitative estimate of drug-likeness (QED) is 0.611. The van der Waals surface area contributed by atoms with Gasteiger partial charge in [0.1, 0.15) is 11.5 Å². The van der Waals surface area contributed by atoms with Crippen molar-refractivity contribution in [3.05, 3.63) is 59.7 Å². The first-order chi connectivity index (χ1) is 12.7. The lowest BCUT2D eigenvalue weighted by Gasteiger charge is -2.08. The average Bonchev–Trinajstić information content (AvgIpc) is 2.65. The summed E-state index contributed by atoms with van der Waals surface area (Å²) in [5, 5.41) is 2.97. The molecule has 0 spiro atoms. The van der Waals surface area contributed by atoms with Gasteiger partial charge in [0.15, 0.2) is 0 Å². The molecule has 0 heterocycles. The largest absolute Gasteiger partial charge is 0.494 e. The summed E-state index contributed by atoms with van der Waals surface area (Å²) >= 11 is 0. The van der Waals surface area contributed by atoms with Crippen LogP contribution in [0.2, 0.25) is 0 Å². The zero-order valence-electron chi connectivity index (χ0n) is 15.8. The van der Waals surface area contributed by atoms with Crippen LogP contribution in [-0.2, 0) is 11.2 Å². The minimum Gasteiger partial charge on any atom is -0.494 e. The molecule has 0 bridgehead atoms. The van der Waals surface area contributed by atoms with E-state index >= 15 is 0 Å². The predicted molar refractivity (Wildman–Crippen MR) is 105 cm³/mol. The minimum atomic E-state index is 0.0872. The molecule has 0 unspecified atom stereocenters. The average molecular weight is 355 g/mol. The van der Waals surface area contributed by atoms with Crippen LogP contribution in [0, 0.1) is 6.92 Å². The number of hydrogen-bond acceptors (Lipinski definition) is 3. The molecule has 0 atom stereocenters. The van der Waals surface area contributed by atoms with Crippen LogP contribution in [0.5, 0.6) is 11.5 Å². The van der Waals surface area contributed by atoms with E-state index in [1.165, 1.54) is 11.1 Å². The maximum absolute atomic E-state index is 11.8. The van der Waals surface area contributed by atoms with E-state index in [2.05, 4.69) is 17.4 Å². The van der Waals surface area contributed by atoms with E-state index in [0.717, 1.165) is 30.8 Å². The minimum absolute atomic E-state index is 0.0872. The summed E-state index contributed by atoms with van der Waals surface area (Å²) < 4.78 is 11.1. The van der Waals surface area contributed by atoms with Crippen molar-refractivity contribution in [3.8, 4) is 11.5 Å². The summed E-state index contributed by atoms with van der Waals surface area (Å²) in [5.41, 5.74) is 2.47. The molecule has 4 heteroatoms. The van der Waals surface area contributed by atoms with Crippen molar-refractivity contribution >= 4 is 5.91 Å². The van der Waals surface area contributed by atoms with E-state index in [-0.39, 0.29) is 5.91 Å². The van der Waals surface area contributed by atoms with Crippen LogP contribution in [-0.4, -0.2) is 25.7 Å². The van der Waals surface area contributed by atoms with Gasteiger partial charge in [-0.1, -0.05) is 29.8 Å². The first kappa shape index (κ1) is 19.8. The lowest BCUT2D eigenvalue weighted by atomic mass is 10.1. The van der Waals surface area contributed by atoms with Crippen LogP contribution < -0.4 is 14.8 Å². The Labute approximate surface area is 156 Å². The molecule has 4 nitrogen and oxygen atoms in total. The number of ether oxygens (including phenoxy) is 2. The maximum Gasteiger partial charge on any atom is 0.220 e. The smallest absolute Gasteiger partial charge is 0.220 e. The Morgan fingerprint density at radius 2 is 1.58 bits per heavy atom. The molecule has 0 fully saturated rings. The van der Waals surface area contributed by atoms with Crippen molar-refractivity contribution in [2.75, 3.05) is 19.8 Å². The second kappa shape index (κ2) is 11.2. The highest BCUT2D eigenvalue weighted by Gasteiger charge is 2.02. The number of hydrogen-bond donors (Lipinski definition) is 1. The van der Waals surface area contributed by atoms with Gasteiger partial charge in [0.2, 0.25) is 5.91 Å². The van der Waals surface area contributed by atoms with Crippen LogP contribution in [0.4, 0.5) is 0 Å². The van der Waals surface area contributed by atoms with Crippen molar-refractivity contribution in [1.82, 2.24) is 5.32 Å². The lowest BCUT2D eigenvalue weighted by molar-refractivity contribution is -0.121. The highest BCUT2D eigenvalue weighted by molar-refractivity contribution is 5.75. The monoisotopic (exact) mass is 355 g/mol. The van der Waals surface area contributed by atoms with Gasteiger partial charge in [-0.3, -0.25) is 4.79 Å². The second-order valence-corrected chi connectivity index (χ2v) is 6.30. The molecule has 1 amide bonds. The zero-order valence-corrected chi connectivity index (χ0v) is 15.8. The Kier molecular flexibility index (Phi) is 8.53. The normalized spacial score (nSPS) is 10.4. The van der Waals surface area contributed by atoms with Gasteiger partial charge in [-0.05, 0) is 62.9 Å². The highest BCUT2D eigenvalue weighted by Crippen LogP contribution is 2.13. The van der Waals surface area contributed by atoms with Crippen molar-refractivity contribution in [2.45, 2.75) is 39.5 Å². The third-order valence-corrected chi connectivity index (χ3v) is 4.04. The molecule has 0 aromatic heterocycles. The molecule has 140 valence electrons. The third kappa shape index (κ3) is 7.60. The van der Waals surface area contributed by atoms with Crippen molar-refractivity contribution in [1.29, 1.82) is 0 Å². The van der Waals surface area contributed by atoms with E-state index in [4.69, 9.17) is 9.47 Å². The van der Waals surface area contributed by atoms with E-state index in [0.29, 0.717) is 26.2 Å². The fraction of sp³-hybridized carbons (Fsp3) is 0.409. The zero-order chi connectivity index (χ0) is 18.6. The van der Waals surface area contributed by atoms with Crippen molar-refractivity contribution in [2.24, 2.45) is 0 Å². The van der Waals surface area contributed by atoms with Gasteiger partial charge >= 0.3 is 0 Å². The molecular weight excluding hydrogens is 326 g/mol. The van der Waals surface area contributed by atoms with E-state index in [1.54, 1.807) is 0 Å². The molecule has 2 rings (SSSR count). The van der Waals surface area contributed by atoms with Crippen molar-refractivity contribution in [3.63, 3.8) is 0 Å². The van der Waals surface area contributed by atoms with E-state index < -0.39 is 0 Å². The molecule has 0 aliphatic rings. The standard InChI is InChI=1S/C22H29NO3/c1-3-25-20-14-10-19(11-15-20)6-4-16-23-22(24)7-5-17-26-21-12-8-18(2)9-13-21/h8-15H,3-7,16-17H2,1-2H3,(H,23,24). The Morgan fingerprint density at radius 1 is 0.923 bits per heavy atom. The Bertz CT molecular complexity index is 650. The topological polar surface area (TPSA) is 47.6 Å². The SMILES string of the molecule is CCOc1ccc(CCCNC(=O)CCCOc2ccc(C)cc2)cc1. The number of carbonyl (C=O) groups is 1. The van der Waals surface area contributed by atoms with Gasteiger partial charge in [-0.15, -0.1) is 0 Å². The summed E-state index contributed by atoms with van der Waals surface area (Å²) in [5.74, 6) is 1.84. The molecule has 0 saturated carbocycles. The number of nitrogens with one attached hydrogen (secondary N) is 1. The van der Waals surface area contributed by atoms with Gasteiger partial charge in [0.05, 0.1) is 13.2 Å². The highest BCUT2D eigenvalue weighted by atomic mass is 16.5. The second-order valence-electron chi connectivity index (χ2n) is 6.30. The summed E-state index contributed by atoms with van der Waals surface area (Å²) in [4.78, 5) is 11.8. The molecule has 0 aliphatic carbocycles. The molecular formula is C22H29NO3. The van der Waals surface area contributed by atoms with Gasteiger partial charge in [0, 0.05) is 13.0 Å². The molecule has 2 aromatic rings. The first-order valence-corrected chi connectivity index (χ1v) is 9.35. The summed E-state index contributed by atoms with van der Waals surface area (Å²) in [7, 11) is 0. The van der Waals surface area contributed by atoms with Crippen LogP contribution >= 0.6 is 0 Å².